The molecule has 0 radical (unpaired) electrons. The van der Waals surface area contributed by atoms with Crippen LogP contribution in [0.25, 0.3) is 0 Å². The summed E-state index contributed by atoms with van der Waals surface area (Å²) in [6, 6.07) is 14.1. The smallest absolute Gasteiger partial charge is 0.251 e. The van der Waals surface area contributed by atoms with E-state index in [0.717, 1.165) is 18.7 Å². The van der Waals surface area contributed by atoms with Crippen molar-refractivity contribution in [3.63, 3.8) is 0 Å². The van der Waals surface area contributed by atoms with Gasteiger partial charge in [0.1, 0.15) is 5.75 Å². The van der Waals surface area contributed by atoms with Gasteiger partial charge in [0.05, 0.1) is 17.6 Å². The largest absolute Gasteiger partial charge is 0.507 e. The number of ketones is 1. The number of aromatic hydroxyl groups is 1. The molecule has 0 bridgehead atoms. The summed E-state index contributed by atoms with van der Waals surface area (Å²) in [6.45, 7) is 5.30. The van der Waals surface area contributed by atoms with Crippen LogP contribution in [0, 0.1) is 0 Å². The van der Waals surface area contributed by atoms with Crippen molar-refractivity contribution in [2.75, 3.05) is 18.4 Å². The first-order chi connectivity index (χ1) is 18.3. The predicted molar refractivity (Wildman–Crippen MR) is 153 cm³/mol. The van der Waals surface area contributed by atoms with Crippen molar-refractivity contribution in [1.29, 1.82) is 0 Å². The van der Waals surface area contributed by atoms with E-state index in [1.807, 2.05) is 13.8 Å². The van der Waals surface area contributed by atoms with Crippen LogP contribution in [0.3, 0.4) is 0 Å². The average Bonchev–Trinajstić information content (AvgIpc) is 3.14. The molecule has 1 aliphatic rings. The van der Waals surface area contributed by atoms with Crippen LogP contribution in [0.5, 0.6) is 5.75 Å². The number of hydrogen-bond donors (Lipinski definition) is 5. The summed E-state index contributed by atoms with van der Waals surface area (Å²) in [6.07, 6.45) is 4.69. The number of hydrogen-bond acceptors (Lipinski definition) is 7. The van der Waals surface area contributed by atoms with Crippen LogP contribution in [0.1, 0.15) is 63.3 Å². The summed E-state index contributed by atoms with van der Waals surface area (Å²) in [7, 11) is 0. The average molecular weight is 552 g/mol. The molecule has 3 aromatic rings. The highest BCUT2D eigenvalue weighted by Crippen LogP contribution is 2.25. The SMILES string of the molecule is CC(C)Nc1ccc(O)c(C(=O)c2ccc(C(=O)N[C@@H]3CCCNC[C@H]3NC(=O)c3ccncc3)cc2)c1.Cl. The van der Waals surface area contributed by atoms with Gasteiger partial charge in [-0.1, -0.05) is 12.1 Å². The third-order valence-corrected chi connectivity index (χ3v) is 6.40. The fourth-order valence-electron chi connectivity index (χ4n) is 4.45. The molecule has 0 aliphatic carbocycles. The fraction of sp³-hybridized carbons (Fsp3) is 0.310. The van der Waals surface area contributed by atoms with E-state index in [1.165, 1.54) is 6.07 Å². The van der Waals surface area contributed by atoms with E-state index in [1.54, 1.807) is 60.9 Å². The van der Waals surface area contributed by atoms with Crippen LogP contribution in [-0.2, 0) is 0 Å². The number of pyridine rings is 1. The summed E-state index contributed by atoms with van der Waals surface area (Å²) in [4.78, 5) is 42.8. The van der Waals surface area contributed by atoms with Crippen molar-refractivity contribution in [2.45, 2.75) is 44.8 Å². The first-order valence-electron chi connectivity index (χ1n) is 12.8. The van der Waals surface area contributed by atoms with E-state index >= 15 is 0 Å². The van der Waals surface area contributed by atoms with E-state index in [2.05, 4.69) is 26.3 Å². The number of phenols is 1. The molecule has 1 aliphatic heterocycles. The van der Waals surface area contributed by atoms with Crippen LogP contribution in [0.15, 0.2) is 67.0 Å². The van der Waals surface area contributed by atoms with Crippen LogP contribution < -0.4 is 21.3 Å². The minimum absolute atomic E-state index is 0. The molecule has 39 heavy (non-hydrogen) atoms. The molecular formula is C29H34ClN5O4. The molecule has 9 nitrogen and oxygen atoms in total. The quantitative estimate of drug-likeness (QED) is 0.214. The molecule has 2 aromatic carbocycles. The highest BCUT2D eigenvalue weighted by Gasteiger charge is 2.27. The summed E-state index contributed by atoms with van der Waals surface area (Å²) < 4.78 is 0. The number of halogens is 1. The number of nitrogens with zero attached hydrogens (tertiary/aromatic N) is 1. The summed E-state index contributed by atoms with van der Waals surface area (Å²) in [5.74, 6) is -0.951. The zero-order valence-corrected chi connectivity index (χ0v) is 22.8. The predicted octanol–water partition coefficient (Wildman–Crippen LogP) is 3.54. The molecule has 4 rings (SSSR count). The van der Waals surface area contributed by atoms with Crippen molar-refractivity contribution in [1.82, 2.24) is 20.9 Å². The molecule has 0 saturated carbocycles. The number of benzene rings is 2. The van der Waals surface area contributed by atoms with Crippen LogP contribution in [0.2, 0.25) is 0 Å². The van der Waals surface area contributed by atoms with Gasteiger partial charge in [-0.3, -0.25) is 19.4 Å². The number of aromatic nitrogens is 1. The van der Waals surface area contributed by atoms with Crippen molar-refractivity contribution in [3.05, 3.63) is 89.2 Å². The fourth-order valence-corrected chi connectivity index (χ4v) is 4.45. The number of nitrogens with one attached hydrogen (secondary N) is 4. The second-order valence-electron chi connectivity index (χ2n) is 9.68. The molecular weight excluding hydrogens is 518 g/mol. The molecule has 0 spiro atoms. The van der Waals surface area contributed by atoms with E-state index in [4.69, 9.17) is 0 Å². The zero-order chi connectivity index (χ0) is 27.1. The van der Waals surface area contributed by atoms with Gasteiger partial charge in [0.2, 0.25) is 0 Å². The minimum Gasteiger partial charge on any atom is -0.507 e. The minimum atomic E-state index is -0.337. The molecule has 206 valence electrons. The molecule has 2 atom stereocenters. The molecule has 1 saturated heterocycles. The Labute approximate surface area is 234 Å². The number of carbonyl (C=O) groups excluding carboxylic acids is 3. The lowest BCUT2D eigenvalue weighted by Crippen LogP contribution is -2.54. The maximum atomic E-state index is 13.1. The second kappa shape index (κ2) is 13.7. The lowest BCUT2D eigenvalue weighted by molar-refractivity contribution is 0.0882. The Kier molecular flexibility index (Phi) is 10.4. The summed E-state index contributed by atoms with van der Waals surface area (Å²) in [5, 5.41) is 22.9. The van der Waals surface area contributed by atoms with E-state index in [0.29, 0.717) is 29.7 Å². The highest BCUT2D eigenvalue weighted by atomic mass is 35.5. The Morgan fingerprint density at radius 1 is 0.897 bits per heavy atom. The lowest BCUT2D eigenvalue weighted by Gasteiger charge is -2.27. The monoisotopic (exact) mass is 551 g/mol. The standard InChI is InChI=1S/C29H33N5O4.ClH/c1-18(2)32-22-9-10-26(35)23(16-22)27(36)19-5-7-20(8-6-19)28(37)33-24-4-3-13-31-17-25(24)34-29(38)21-11-14-30-15-12-21;/h5-12,14-16,18,24-25,31-32,35H,3-4,13,17H2,1-2H3,(H,33,37)(H,34,38);1H/t24-,25-;/m1./s1. The summed E-state index contributed by atoms with van der Waals surface area (Å²) >= 11 is 0. The maximum Gasteiger partial charge on any atom is 0.251 e. The highest BCUT2D eigenvalue weighted by molar-refractivity contribution is 6.11. The molecule has 2 heterocycles. The van der Waals surface area contributed by atoms with Gasteiger partial charge in [-0.15, -0.1) is 12.4 Å². The zero-order valence-electron chi connectivity index (χ0n) is 21.9. The van der Waals surface area contributed by atoms with Gasteiger partial charge in [-0.05, 0) is 75.7 Å². The number of amides is 2. The summed E-state index contributed by atoms with van der Waals surface area (Å²) in [5.41, 5.74) is 2.19. The normalized spacial score (nSPS) is 16.9. The van der Waals surface area contributed by atoms with Crippen LogP contribution >= 0.6 is 12.4 Å². The van der Waals surface area contributed by atoms with E-state index < -0.39 is 0 Å². The van der Waals surface area contributed by atoms with Gasteiger partial charge in [-0.25, -0.2) is 0 Å². The van der Waals surface area contributed by atoms with Crippen molar-refractivity contribution in [3.8, 4) is 5.75 Å². The van der Waals surface area contributed by atoms with E-state index in [9.17, 15) is 19.5 Å². The van der Waals surface area contributed by atoms with Gasteiger partial charge in [-0.2, -0.15) is 0 Å². The third-order valence-electron chi connectivity index (χ3n) is 6.40. The van der Waals surface area contributed by atoms with Crippen molar-refractivity contribution < 1.29 is 19.5 Å². The van der Waals surface area contributed by atoms with E-state index in [-0.39, 0.29) is 59.4 Å². The molecule has 10 heteroatoms. The first kappa shape index (κ1) is 29.6. The Morgan fingerprint density at radius 2 is 1.51 bits per heavy atom. The molecule has 2 amide bonds. The maximum absolute atomic E-state index is 13.1. The Balaban J connectivity index is 0.00000420. The van der Waals surface area contributed by atoms with Gasteiger partial charge in [0.25, 0.3) is 11.8 Å². The van der Waals surface area contributed by atoms with Gasteiger partial charge < -0.3 is 26.4 Å². The van der Waals surface area contributed by atoms with Crippen molar-refractivity contribution in [2.24, 2.45) is 0 Å². The lowest BCUT2D eigenvalue weighted by atomic mass is 9.99. The third kappa shape index (κ3) is 7.78. The molecule has 5 N–H and O–H groups in total. The second-order valence-corrected chi connectivity index (χ2v) is 9.68. The Bertz CT molecular complexity index is 1280. The van der Waals surface area contributed by atoms with Crippen LogP contribution in [-0.4, -0.2) is 58.9 Å². The Hall–Kier alpha value is -3.95. The molecule has 0 unspecified atom stereocenters. The molecule has 1 aromatic heterocycles. The number of anilines is 1. The Morgan fingerprint density at radius 3 is 2.18 bits per heavy atom. The number of carbonyl (C=O) groups is 3. The number of rotatable bonds is 8. The topological polar surface area (TPSA) is 132 Å². The first-order valence-corrected chi connectivity index (χ1v) is 12.8. The van der Waals surface area contributed by atoms with Crippen molar-refractivity contribution >= 4 is 35.7 Å². The number of phenolic OH excluding ortho intramolecular Hbond substituents is 1. The van der Waals surface area contributed by atoms with Gasteiger partial charge in [0, 0.05) is 47.4 Å². The van der Waals surface area contributed by atoms with Crippen LogP contribution in [0.4, 0.5) is 5.69 Å². The van der Waals surface area contributed by atoms with Gasteiger partial charge >= 0.3 is 0 Å². The van der Waals surface area contributed by atoms with Gasteiger partial charge in [0.15, 0.2) is 5.78 Å². The molecule has 1 fully saturated rings.